The van der Waals surface area contributed by atoms with E-state index in [1.165, 1.54) is 5.56 Å². The number of hydrogen-bond acceptors (Lipinski definition) is 4. The van der Waals surface area contributed by atoms with Crippen molar-refractivity contribution in [2.45, 2.75) is 32.4 Å². The molecule has 0 aromatic heterocycles. The van der Waals surface area contributed by atoms with Gasteiger partial charge in [0.25, 0.3) is 0 Å². The first kappa shape index (κ1) is 15.0. The second kappa shape index (κ2) is 8.08. The Morgan fingerprint density at radius 2 is 1.94 bits per heavy atom. The summed E-state index contributed by atoms with van der Waals surface area (Å²) in [5, 5.41) is 12.9. The van der Waals surface area contributed by atoms with Gasteiger partial charge in [-0.05, 0) is 30.7 Å². The van der Waals surface area contributed by atoms with Gasteiger partial charge in [-0.15, -0.1) is 0 Å². The number of nitrogens with one attached hydrogen (secondary N) is 1. The molecule has 0 saturated carbocycles. The van der Waals surface area contributed by atoms with Crippen molar-refractivity contribution in [2.24, 2.45) is 5.73 Å². The predicted octanol–water partition coefficient (Wildman–Crippen LogP) is 0.925. The van der Waals surface area contributed by atoms with E-state index in [1.54, 1.807) is 0 Å². The first-order valence-electron chi connectivity index (χ1n) is 6.45. The van der Waals surface area contributed by atoms with Crippen molar-refractivity contribution in [1.82, 2.24) is 5.32 Å². The van der Waals surface area contributed by atoms with Crippen LogP contribution in [0.15, 0.2) is 24.3 Å². The van der Waals surface area contributed by atoms with Crippen LogP contribution in [0.3, 0.4) is 0 Å². The summed E-state index contributed by atoms with van der Waals surface area (Å²) in [5.74, 6) is 0.777. The van der Waals surface area contributed by atoms with Gasteiger partial charge in [0.2, 0.25) is 0 Å². The van der Waals surface area contributed by atoms with Crippen molar-refractivity contribution >= 4 is 0 Å². The molecule has 1 aromatic rings. The largest absolute Gasteiger partial charge is 0.491 e. The van der Waals surface area contributed by atoms with Crippen LogP contribution in [-0.2, 0) is 6.42 Å². The van der Waals surface area contributed by atoms with Gasteiger partial charge in [0.1, 0.15) is 18.5 Å². The topological polar surface area (TPSA) is 67.5 Å². The molecular formula is C14H24N2O2. The lowest BCUT2D eigenvalue weighted by molar-refractivity contribution is 0.104. The minimum absolute atomic E-state index is 0.302. The van der Waals surface area contributed by atoms with Crippen LogP contribution in [0.25, 0.3) is 0 Å². The fourth-order valence-electron chi connectivity index (χ4n) is 1.54. The molecule has 0 heterocycles. The maximum absolute atomic E-state index is 9.69. The van der Waals surface area contributed by atoms with E-state index < -0.39 is 6.10 Å². The van der Waals surface area contributed by atoms with Crippen molar-refractivity contribution in [3.8, 4) is 5.75 Å². The Labute approximate surface area is 109 Å². The zero-order valence-electron chi connectivity index (χ0n) is 11.2. The number of hydrogen-bond donors (Lipinski definition) is 3. The summed E-state index contributed by atoms with van der Waals surface area (Å²) >= 11 is 0. The molecule has 0 saturated heterocycles. The van der Waals surface area contributed by atoms with E-state index in [4.69, 9.17) is 10.5 Å². The maximum Gasteiger partial charge on any atom is 0.119 e. The molecule has 1 atom stereocenters. The lowest BCUT2D eigenvalue weighted by atomic mass is 10.1. The number of nitrogens with two attached hydrogens (primary N) is 1. The van der Waals surface area contributed by atoms with E-state index in [0.717, 1.165) is 12.2 Å². The van der Waals surface area contributed by atoms with Gasteiger partial charge in [-0.1, -0.05) is 26.0 Å². The number of benzene rings is 1. The molecule has 0 fully saturated rings. The first-order chi connectivity index (χ1) is 8.61. The minimum Gasteiger partial charge on any atom is -0.491 e. The van der Waals surface area contributed by atoms with Crippen LogP contribution in [0.5, 0.6) is 5.75 Å². The van der Waals surface area contributed by atoms with E-state index >= 15 is 0 Å². The van der Waals surface area contributed by atoms with Crippen molar-refractivity contribution in [2.75, 3.05) is 19.7 Å². The fraction of sp³-hybridized carbons (Fsp3) is 0.571. The van der Waals surface area contributed by atoms with Crippen LogP contribution in [0.1, 0.15) is 19.4 Å². The maximum atomic E-state index is 9.69. The van der Waals surface area contributed by atoms with E-state index in [1.807, 2.05) is 38.1 Å². The number of aliphatic hydroxyl groups excluding tert-OH is 1. The Bertz CT molecular complexity index is 325. The summed E-state index contributed by atoms with van der Waals surface area (Å²) in [4.78, 5) is 0. The summed E-state index contributed by atoms with van der Waals surface area (Å²) in [7, 11) is 0. The molecule has 1 aromatic carbocycles. The van der Waals surface area contributed by atoms with Crippen molar-refractivity contribution < 1.29 is 9.84 Å². The van der Waals surface area contributed by atoms with Gasteiger partial charge in [-0.3, -0.25) is 0 Å². The molecule has 1 unspecified atom stereocenters. The zero-order chi connectivity index (χ0) is 13.4. The molecule has 0 aliphatic rings. The molecule has 0 aliphatic carbocycles. The SMILES string of the molecule is CC(C)NCC(O)COc1ccc(CCN)cc1. The Kier molecular flexibility index (Phi) is 6.72. The first-order valence-corrected chi connectivity index (χ1v) is 6.45. The third kappa shape index (κ3) is 6.00. The normalized spacial score (nSPS) is 12.7. The second-order valence-electron chi connectivity index (χ2n) is 4.71. The van der Waals surface area contributed by atoms with Gasteiger partial charge < -0.3 is 20.9 Å². The molecule has 1 rings (SSSR count). The molecule has 0 aliphatic heterocycles. The fourth-order valence-corrected chi connectivity index (χ4v) is 1.54. The van der Waals surface area contributed by atoms with E-state index in [2.05, 4.69) is 5.32 Å². The molecule has 4 heteroatoms. The van der Waals surface area contributed by atoms with Crippen LogP contribution < -0.4 is 15.8 Å². The van der Waals surface area contributed by atoms with E-state index in [-0.39, 0.29) is 0 Å². The molecule has 4 nitrogen and oxygen atoms in total. The quantitative estimate of drug-likeness (QED) is 0.644. The highest BCUT2D eigenvalue weighted by Gasteiger charge is 2.05. The summed E-state index contributed by atoms with van der Waals surface area (Å²) in [6.45, 7) is 5.59. The molecule has 0 amide bonds. The average molecular weight is 252 g/mol. The van der Waals surface area contributed by atoms with Crippen molar-refractivity contribution in [1.29, 1.82) is 0 Å². The molecule has 0 spiro atoms. The van der Waals surface area contributed by atoms with Crippen LogP contribution >= 0.6 is 0 Å². The molecule has 18 heavy (non-hydrogen) atoms. The third-order valence-electron chi connectivity index (χ3n) is 2.56. The van der Waals surface area contributed by atoms with Gasteiger partial charge >= 0.3 is 0 Å². The van der Waals surface area contributed by atoms with E-state index in [0.29, 0.717) is 25.7 Å². The van der Waals surface area contributed by atoms with Crippen LogP contribution in [-0.4, -0.2) is 36.9 Å². The van der Waals surface area contributed by atoms with Gasteiger partial charge in [-0.25, -0.2) is 0 Å². The van der Waals surface area contributed by atoms with Crippen molar-refractivity contribution in [3.63, 3.8) is 0 Å². The summed E-state index contributed by atoms with van der Waals surface area (Å²) in [6.07, 6.45) is 0.386. The van der Waals surface area contributed by atoms with Crippen LogP contribution in [0, 0.1) is 0 Å². The van der Waals surface area contributed by atoms with Gasteiger partial charge in [-0.2, -0.15) is 0 Å². The predicted molar refractivity (Wildman–Crippen MR) is 73.8 cm³/mol. The monoisotopic (exact) mass is 252 g/mol. The highest BCUT2D eigenvalue weighted by Crippen LogP contribution is 2.12. The van der Waals surface area contributed by atoms with Crippen LogP contribution in [0.2, 0.25) is 0 Å². The minimum atomic E-state index is -0.490. The number of rotatable bonds is 8. The highest BCUT2D eigenvalue weighted by atomic mass is 16.5. The molecule has 4 N–H and O–H groups in total. The molecule has 102 valence electrons. The standard InChI is InChI=1S/C14H24N2O2/c1-11(2)16-9-13(17)10-18-14-5-3-12(4-6-14)7-8-15/h3-6,11,13,16-17H,7-10,15H2,1-2H3. The van der Waals surface area contributed by atoms with Gasteiger partial charge in [0, 0.05) is 12.6 Å². The number of ether oxygens (including phenoxy) is 1. The smallest absolute Gasteiger partial charge is 0.119 e. The zero-order valence-corrected chi connectivity index (χ0v) is 11.2. The van der Waals surface area contributed by atoms with Gasteiger partial charge in [0.05, 0.1) is 0 Å². The average Bonchev–Trinajstić information content (AvgIpc) is 2.36. The Morgan fingerprint density at radius 1 is 1.28 bits per heavy atom. The summed E-state index contributed by atoms with van der Waals surface area (Å²) < 4.78 is 5.51. The Morgan fingerprint density at radius 3 is 2.50 bits per heavy atom. The summed E-state index contributed by atoms with van der Waals surface area (Å²) in [5.41, 5.74) is 6.68. The summed E-state index contributed by atoms with van der Waals surface area (Å²) in [6, 6.07) is 8.19. The number of aliphatic hydroxyl groups is 1. The third-order valence-corrected chi connectivity index (χ3v) is 2.56. The van der Waals surface area contributed by atoms with E-state index in [9.17, 15) is 5.11 Å². The molecule has 0 bridgehead atoms. The molecule has 0 radical (unpaired) electrons. The van der Waals surface area contributed by atoms with Crippen molar-refractivity contribution in [3.05, 3.63) is 29.8 Å². The highest BCUT2D eigenvalue weighted by molar-refractivity contribution is 5.27. The Hall–Kier alpha value is -1.10. The van der Waals surface area contributed by atoms with Gasteiger partial charge in [0.15, 0.2) is 0 Å². The Balaban J connectivity index is 2.29. The van der Waals surface area contributed by atoms with Crippen LogP contribution in [0.4, 0.5) is 0 Å². The lowest BCUT2D eigenvalue weighted by Crippen LogP contribution is -2.35. The molecular weight excluding hydrogens is 228 g/mol. The lowest BCUT2D eigenvalue weighted by Gasteiger charge is -2.15. The second-order valence-corrected chi connectivity index (χ2v) is 4.71.